The molecule has 0 saturated carbocycles. The van der Waals surface area contributed by atoms with E-state index in [1.54, 1.807) is 4.90 Å². The summed E-state index contributed by atoms with van der Waals surface area (Å²) >= 11 is 0. The van der Waals surface area contributed by atoms with Gasteiger partial charge in [-0.15, -0.1) is 0 Å². The van der Waals surface area contributed by atoms with Crippen molar-refractivity contribution in [2.45, 2.75) is 130 Å². The lowest BCUT2D eigenvalue weighted by molar-refractivity contribution is -0.150. The lowest BCUT2D eigenvalue weighted by Gasteiger charge is -2.53. The summed E-state index contributed by atoms with van der Waals surface area (Å²) in [6.07, 6.45) is 15.2. The molecule has 4 heteroatoms. The highest BCUT2D eigenvalue weighted by atomic mass is 16.2. The molecule has 2 unspecified atom stereocenters. The van der Waals surface area contributed by atoms with Gasteiger partial charge in [-0.2, -0.15) is 0 Å². The Kier molecular flexibility index (Phi) is 9.39. The monoisotopic (exact) mass is 420 g/mol. The van der Waals surface area contributed by atoms with Crippen LogP contribution in [0, 0.1) is 11.3 Å². The van der Waals surface area contributed by atoms with E-state index in [0.29, 0.717) is 6.42 Å². The van der Waals surface area contributed by atoms with E-state index in [1.807, 2.05) is 0 Å². The Morgan fingerprint density at radius 2 is 1.40 bits per heavy atom. The van der Waals surface area contributed by atoms with Crippen LogP contribution in [-0.2, 0) is 9.59 Å². The SMILES string of the molecule is CCCCCCCCCCCCC1CC(=O)N(C2CC(C)(C)N(C)CC2(C)C)C1=O. The second-order valence-electron chi connectivity index (χ2n) is 11.4. The van der Waals surface area contributed by atoms with Crippen LogP contribution in [0.25, 0.3) is 0 Å². The summed E-state index contributed by atoms with van der Waals surface area (Å²) in [6.45, 7) is 12.0. The maximum atomic E-state index is 13.2. The zero-order chi connectivity index (χ0) is 22.4. The van der Waals surface area contributed by atoms with E-state index in [-0.39, 0.29) is 34.7 Å². The normalized spacial score (nSPS) is 26.5. The van der Waals surface area contributed by atoms with Crippen LogP contribution >= 0.6 is 0 Å². The summed E-state index contributed by atoms with van der Waals surface area (Å²) < 4.78 is 0. The first-order valence-corrected chi connectivity index (χ1v) is 12.7. The molecule has 0 bridgehead atoms. The average molecular weight is 421 g/mol. The van der Waals surface area contributed by atoms with Crippen molar-refractivity contribution in [3.8, 4) is 0 Å². The van der Waals surface area contributed by atoms with E-state index in [9.17, 15) is 9.59 Å². The highest BCUT2D eigenvalue weighted by Gasteiger charge is 2.51. The fraction of sp³-hybridized carbons (Fsp3) is 0.923. The van der Waals surface area contributed by atoms with Gasteiger partial charge in [0.25, 0.3) is 0 Å². The van der Waals surface area contributed by atoms with Crippen LogP contribution in [0.3, 0.4) is 0 Å². The first-order valence-electron chi connectivity index (χ1n) is 12.7. The number of carbonyl (C=O) groups is 2. The molecule has 2 fully saturated rings. The number of unbranched alkanes of at least 4 members (excludes halogenated alkanes) is 9. The number of amides is 2. The summed E-state index contributed by atoms with van der Waals surface area (Å²) in [6, 6.07) is 0.0152. The molecule has 30 heavy (non-hydrogen) atoms. The Labute approximate surface area is 186 Å². The van der Waals surface area contributed by atoms with Crippen molar-refractivity contribution < 1.29 is 9.59 Å². The molecule has 174 valence electrons. The molecule has 2 rings (SSSR count). The van der Waals surface area contributed by atoms with Crippen molar-refractivity contribution in [1.29, 1.82) is 0 Å². The van der Waals surface area contributed by atoms with Crippen LogP contribution in [0.2, 0.25) is 0 Å². The van der Waals surface area contributed by atoms with Gasteiger partial charge >= 0.3 is 0 Å². The predicted molar refractivity (Wildman–Crippen MR) is 125 cm³/mol. The number of hydrogen-bond donors (Lipinski definition) is 0. The molecule has 2 heterocycles. The number of piperidine rings is 1. The molecule has 0 aliphatic carbocycles. The van der Waals surface area contributed by atoms with Crippen molar-refractivity contribution in [3.05, 3.63) is 0 Å². The van der Waals surface area contributed by atoms with E-state index >= 15 is 0 Å². The van der Waals surface area contributed by atoms with Gasteiger partial charge in [0.1, 0.15) is 0 Å². The minimum Gasteiger partial charge on any atom is -0.301 e. The first kappa shape index (κ1) is 25.4. The molecule has 2 saturated heterocycles. The van der Waals surface area contributed by atoms with Crippen LogP contribution < -0.4 is 0 Å². The van der Waals surface area contributed by atoms with Gasteiger partial charge in [-0.25, -0.2) is 0 Å². The van der Waals surface area contributed by atoms with Gasteiger partial charge < -0.3 is 4.90 Å². The van der Waals surface area contributed by atoms with Crippen LogP contribution in [0.1, 0.15) is 118 Å². The molecule has 2 atom stereocenters. The number of likely N-dealkylation sites (tertiary alicyclic amines) is 2. The Balaban J connectivity index is 1.76. The van der Waals surface area contributed by atoms with Crippen LogP contribution in [0.15, 0.2) is 0 Å². The molecule has 2 aliphatic rings. The quantitative estimate of drug-likeness (QED) is 0.279. The Morgan fingerprint density at radius 1 is 0.867 bits per heavy atom. The zero-order valence-electron chi connectivity index (χ0n) is 20.8. The molecule has 4 nitrogen and oxygen atoms in total. The van der Waals surface area contributed by atoms with Crippen molar-refractivity contribution in [2.75, 3.05) is 13.6 Å². The standard InChI is InChI=1S/C26H48N2O2/c1-7-8-9-10-11-12-13-14-15-16-17-21-18-23(29)28(24(21)30)22-19-26(4,5)27(6)20-25(22,2)3/h21-22H,7-20H2,1-6H3. The predicted octanol–water partition coefficient (Wildman–Crippen LogP) is 6.18. The molecule has 0 aromatic rings. The van der Waals surface area contributed by atoms with Gasteiger partial charge in [0.2, 0.25) is 11.8 Å². The van der Waals surface area contributed by atoms with E-state index in [4.69, 9.17) is 0 Å². The van der Waals surface area contributed by atoms with Gasteiger partial charge in [0.05, 0.1) is 0 Å². The highest BCUT2D eigenvalue weighted by molar-refractivity contribution is 6.04. The molecule has 2 amide bonds. The highest BCUT2D eigenvalue weighted by Crippen LogP contribution is 2.42. The van der Waals surface area contributed by atoms with E-state index < -0.39 is 0 Å². The number of imide groups is 1. The molecular formula is C26H48N2O2. The summed E-state index contributed by atoms with van der Waals surface area (Å²) in [5, 5.41) is 0. The topological polar surface area (TPSA) is 40.6 Å². The van der Waals surface area contributed by atoms with E-state index in [0.717, 1.165) is 25.8 Å². The lowest BCUT2D eigenvalue weighted by atomic mass is 9.72. The Bertz CT molecular complexity index is 569. The van der Waals surface area contributed by atoms with Gasteiger partial charge in [-0.1, -0.05) is 85.0 Å². The molecule has 2 aliphatic heterocycles. The van der Waals surface area contributed by atoms with Gasteiger partial charge in [0.15, 0.2) is 0 Å². The lowest BCUT2D eigenvalue weighted by Crippen LogP contribution is -2.63. The van der Waals surface area contributed by atoms with Crippen molar-refractivity contribution in [3.63, 3.8) is 0 Å². The smallest absolute Gasteiger partial charge is 0.233 e. The molecule has 0 spiro atoms. The Hall–Kier alpha value is -0.900. The Morgan fingerprint density at radius 3 is 1.97 bits per heavy atom. The van der Waals surface area contributed by atoms with E-state index in [2.05, 4.69) is 46.6 Å². The summed E-state index contributed by atoms with van der Waals surface area (Å²) in [5.74, 6) is 0.0926. The summed E-state index contributed by atoms with van der Waals surface area (Å²) in [4.78, 5) is 30.1. The van der Waals surface area contributed by atoms with E-state index in [1.165, 1.54) is 57.8 Å². The third kappa shape index (κ3) is 6.55. The summed E-state index contributed by atoms with van der Waals surface area (Å²) in [5.41, 5.74) is -0.0586. The molecule has 0 aromatic heterocycles. The minimum absolute atomic E-state index is 0.00930. The molecule has 0 N–H and O–H groups in total. The maximum absolute atomic E-state index is 13.2. The second kappa shape index (κ2) is 11.1. The van der Waals surface area contributed by atoms with Crippen molar-refractivity contribution >= 4 is 11.8 Å². The van der Waals surface area contributed by atoms with Crippen molar-refractivity contribution in [1.82, 2.24) is 9.80 Å². The van der Waals surface area contributed by atoms with Crippen LogP contribution in [0.4, 0.5) is 0 Å². The van der Waals surface area contributed by atoms with Crippen LogP contribution in [0.5, 0.6) is 0 Å². The summed E-state index contributed by atoms with van der Waals surface area (Å²) in [7, 11) is 2.15. The molecule has 0 aromatic carbocycles. The first-order chi connectivity index (χ1) is 14.1. The average Bonchev–Trinajstić information content (AvgIpc) is 2.93. The van der Waals surface area contributed by atoms with Gasteiger partial charge in [-0.05, 0) is 39.2 Å². The molecular weight excluding hydrogens is 372 g/mol. The van der Waals surface area contributed by atoms with Gasteiger partial charge in [-0.3, -0.25) is 14.5 Å². The largest absolute Gasteiger partial charge is 0.301 e. The van der Waals surface area contributed by atoms with Gasteiger partial charge in [0, 0.05) is 30.5 Å². The van der Waals surface area contributed by atoms with Crippen molar-refractivity contribution in [2.24, 2.45) is 11.3 Å². The minimum atomic E-state index is -0.0786. The fourth-order valence-electron chi connectivity index (χ4n) is 5.42. The number of nitrogens with zero attached hydrogens (tertiary/aromatic N) is 2. The third-order valence-electron chi connectivity index (χ3n) is 7.77. The third-order valence-corrected chi connectivity index (χ3v) is 7.77. The number of rotatable bonds is 12. The van der Waals surface area contributed by atoms with Crippen LogP contribution in [-0.4, -0.2) is 46.8 Å². The second-order valence-corrected chi connectivity index (χ2v) is 11.4. The fourth-order valence-corrected chi connectivity index (χ4v) is 5.42. The zero-order valence-corrected chi connectivity index (χ0v) is 20.8. The maximum Gasteiger partial charge on any atom is 0.233 e. The molecule has 0 radical (unpaired) electrons. The number of hydrogen-bond acceptors (Lipinski definition) is 3. The number of carbonyl (C=O) groups excluding carboxylic acids is 2.